The first kappa shape index (κ1) is 10.4. The number of nitrogens with one attached hydrogen (secondary N) is 1. The summed E-state index contributed by atoms with van der Waals surface area (Å²) in [4.78, 5) is 22.2. The summed E-state index contributed by atoms with van der Waals surface area (Å²) in [6, 6.07) is 7.34. The fraction of sp³-hybridized carbons (Fsp3) is 0.273. The first-order chi connectivity index (χ1) is 6.63. The molecule has 1 amide bonds. The zero-order chi connectivity index (χ0) is 10.6. The largest absolute Gasteiger partial charge is 0.319 e. The molecule has 14 heavy (non-hydrogen) atoms. The lowest BCUT2D eigenvalue weighted by Gasteiger charge is -2.03. The number of rotatable bonds is 3. The van der Waals surface area contributed by atoms with Gasteiger partial charge in [-0.2, -0.15) is 0 Å². The van der Waals surface area contributed by atoms with Crippen molar-refractivity contribution in [2.75, 3.05) is 5.32 Å². The third-order valence-corrected chi connectivity index (χ3v) is 1.85. The van der Waals surface area contributed by atoms with Crippen molar-refractivity contribution in [2.45, 2.75) is 20.3 Å². The molecule has 0 heterocycles. The highest BCUT2D eigenvalue weighted by atomic mass is 16.2. The van der Waals surface area contributed by atoms with Gasteiger partial charge in [0.15, 0.2) is 0 Å². The lowest BCUT2D eigenvalue weighted by Crippen LogP contribution is -2.21. The average Bonchev–Trinajstić information content (AvgIpc) is 2.16. The maximum absolute atomic E-state index is 11.2. The van der Waals surface area contributed by atoms with Gasteiger partial charge in [0.2, 0.25) is 5.78 Å². The topological polar surface area (TPSA) is 46.2 Å². The molecule has 3 nitrogen and oxygen atoms in total. The summed E-state index contributed by atoms with van der Waals surface area (Å²) < 4.78 is 0. The molecule has 0 fully saturated rings. The van der Waals surface area contributed by atoms with Crippen molar-refractivity contribution < 1.29 is 9.59 Å². The Morgan fingerprint density at radius 1 is 1.36 bits per heavy atom. The van der Waals surface area contributed by atoms with Crippen molar-refractivity contribution in [1.29, 1.82) is 0 Å². The van der Waals surface area contributed by atoms with E-state index in [0.717, 1.165) is 5.56 Å². The van der Waals surface area contributed by atoms with Gasteiger partial charge in [-0.05, 0) is 24.6 Å². The monoisotopic (exact) mass is 191 g/mol. The zero-order valence-corrected chi connectivity index (χ0v) is 8.33. The predicted octanol–water partition coefficient (Wildman–Crippen LogP) is 1.91. The first-order valence-corrected chi connectivity index (χ1v) is 4.54. The van der Waals surface area contributed by atoms with E-state index in [1.54, 1.807) is 13.0 Å². The molecule has 1 N–H and O–H groups in total. The van der Waals surface area contributed by atoms with Gasteiger partial charge in [0.1, 0.15) is 0 Å². The molecule has 0 aliphatic carbocycles. The molecule has 1 aromatic carbocycles. The fourth-order valence-corrected chi connectivity index (χ4v) is 1.08. The van der Waals surface area contributed by atoms with Crippen LogP contribution in [0.15, 0.2) is 24.3 Å². The molecule has 74 valence electrons. The molecule has 0 aromatic heterocycles. The molecule has 0 saturated heterocycles. The molecule has 0 saturated carbocycles. The Labute approximate surface area is 83.1 Å². The van der Waals surface area contributed by atoms with Crippen molar-refractivity contribution in [3.05, 3.63) is 29.8 Å². The van der Waals surface area contributed by atoms with E-state index < -0.39 is 11.7 Å². The van der Waals surface area contributed by atoms with Gasteiger partial charge in [-0.3, -0.25) is 9.59 Å². The summed E-state index contributed by atoms with van der Waals surface area (Å²) in [6.45, 7) is 3.59. The van der Waals surface area contributed by atoms with E-state index in [-0.39, 0.29) is 6.42 Å². The number of Topliss-reactive ketones (excluding diaryl/α,β-unsaturated/α-hetero) is 1. The minimum absolute atomic E-state index is 0.234. The van der Waals surface area contributed by atoms with Gasteiger partial charge in [-0.25, -0.2) is 0 Å². The highest BCUT2D eigenvalue weighted by Crippen LogP contribution is 2.09. The normalized spacial score (nSPS) is 9.57. The number of aryl methyl sites for hydroxylation is 1. The molecule has 0 unspecified atom stereocenters. The summed E-state index contributed by atoms with van der Waals surface area (Å²) in [5.41, 5.74) is 1.71. The number of hydrogen-bond acceptors (Lipinski definition) is 2. The molecule has 3 heteroatoms. The van der Waals surface area contributed by atoms with Gasteiger partial charge in [0, 0.05) is 12.1 Å². The zero-order valence-electron chi connectivity index (χ0n) is 8.33. The molecule has 0 spiro atoms. The van der Waals surface area contributed by atoms with Crippen LogP contribution < -0.4 is 5.32 Å². The Bertz CT molecular complexity index is 358. The summed E-state index contributed by atoms with van der Waals surface area (Å²) in [6.07, 6.45) is 0.234. The molecule has 0 bridgehead atoms. The number of anilines is 1. The van der Waals surface area contributed by atoms with Crippen LogP contribution in [0.25, 0.3) is 0 Å². The minimum Gasteiger partial charge on any atom is -0.319 e. The van der Waals surface area contributed by atoms with Crippen molar-refractivity contribution in [3.8, 4) is 0 Å². The van der Waals surface area contributed by atoms with Gasteiger partial charge >= 0.3 is 0 Å². The maximum Gasteiger partial charge on any atom is 0.291 e. The van der Waals surface area contributed by atoms with Gasteiger partial charge in [-0.1, -0.05) is 19.1 Å². The van der Waals surface area contributed by atoms with Gasteiger partial charge in [0.25, 0.3) is 5.91 Å². The van der Waals surface area contributed by atoms with Crippen LogP contribution in [0.5, 0.6) is 0 Å². The van der Waals surface area contributed by atoms with Crippen LogP contribution in [0, 0.1) is 6.92 Å². The van der Waals surface area contributed by atoms with Crippen molar-refractivity contribution in [3.63, 3.8) is 0 Å². The average molecular weight is 191 g/mol. The van der Waals surface area contributed by atoms with E-state index in [2.05, 4.69) is 5.32 Å². The molecule has 1 aromatic rings. The Kier molecular flexibility index (Phi) is 3.40. The molecular weight excluding hydrogens is 178 g/mol. The minimum atomic E-state index is -0.543. The lowest BCUT2D eigenvalue weighted by atomic mass is 10.2. The summed E-state index contributed by atoms with van der Waals surface area (Å²) in [5.74, 6) is -0.940. The molecule has 1 rings (SSSR count). The molecule has 0 radical (unpaired) electrons. The van der Waals surface area contributed by atoms with E-state index in [0.29, 0.717) is 5.69 Å². The van der Waals surface area contributed by atoms with Crippen molar-refractivity contribution in [1.82, 2.24) is 0 Å². The van der Waals surface area contributed by atoms with Crippen LogP contribution in [0.1, 0.15) is 18.9 Å². The SMILES string of the molecule is CCC(=O)C(=O)Nc1cccc(C)c1. The van der Waals surface area contributed by atoms with Crippen LogP contribution in [0.4, 0.5) is 5.69 Å². The molecule has 0 aliphatic rings. The standard InChI is InChI=1S/C11H13NO2/c1-3-10(13)11(14)12-9-6-4-5-8(2)7-9/h4-7H,3H2,1-2H3,(H,12,14). The number of carbonyl (C=O) groups is 2. The number of amides is 1. The third-order valence-electron chi connectivity index (χ3n) is 1.85. The van der Waals surface area contributed by atoms with Crippen molar-refractivity contribution in [2.24, 2.45) is 0 Å². The van der Waals surface area contributed by atoms with E-state index >= 15 is 0 Å². The van der Waals surface area contributed by atoms with Crippen LogP contribution in [0.3, 0.4) is 0 Å². The Morgan fingerprint density at radius 3 is 2.64 bits per heavy atom. The number of benzene rings is 1. The molecule has 0 atom stereocenters. The highest BCUT2D eigenvalue weighted by molar-refractivity contribution is 6.40. The second-order valence-electron chi connectivity index (χ2n) is 3.10. The fourth-order valence-electron chi connectivity index (χ4n) is 1.08. The maximum atomic E-state index is 11.2. The predicted molar refractivity (Wildman–Crippen MR) is 55.1 cm³/mol. The van der Waals surface area contributed by atoms with Crippen LogP contribution >= 0.6 is 0 Å². The Hall–Kier alpha value is -1.64. The van der Waals surface area contributed by atoms with Crippen LogP contribution in [-0.2, 0) is 9.59 Å². The second kappa shape index (κ2) is 4.56. The molecule has 0 aliphatic heterocycles. The summed E-state index contributed by atoms with van der Waals surface area (Å²) >= 11 is 0. The quantitative estimate of drug-likeness (QED) is 0.742. The van der Waals surface area contributed by atoms with Gasteiger partial charge < -0.3 is 5.32 Å². The van der Waals surface area contributed by atoms with E-state index in [9.17, 15) is 9.59 Å². The highest BCUT2D eigenvalue weighted by Gasteiger charge is 2.10. The van der Waals surface area contributed by atoms with E-state index in [1.807, 2.05) is 25.1 Å². The molecular formula is C11H13NO2. The summed E-state index contributed by atoms with van der Waals surface area (Å²) in [7, 11) is 0. The number of hydrogen-bond donors (Lipinski definition) is 1. The van der Waals surface area contributed by atoms with E-state index in [1.165, 1.54) is 0 Å². The van der Waals surface area contributed by atoms with E-state index in [4.69, 9.17) is 0 Å². The second-order valence-corrected chi connectivity index (χ2v) is 3.10. The van der Waals surface area contributed by atoms with Crippen LogP contribution in [-0.4, -0.2) is 11.7 Å². The van der Waals surface area contributed by atoms with Crippen LogP contribution in [0.2, 0.25) is 0 Å². The smallest absolute Gasteiger partial charge is 0.291 e. The Morgan fingerprint density at radius 2 is 2.07 bits per heavy atom. The number of ketones is 1. The lowest BCUT2D eigenvalue weighted by molar-refractivity contribution is -0.134. The first-order valence-electron chi connectivity index (χ1n) is 4.54. The summed E-state index contributed by atoms with van der Waals surface area (Å²) in [5, 5.41) is 2.54. The van der Waals surface area contributed by atoms with Gasteiger partial charge in [-0.15, -0.1) is 0 Å². The van der Waals surface area contributed by atoms with Crippen molar-refractivity contribution >= 4 is 17.4 Å². The number of carbonyl (C=O) groups excluding carboxylic acids is 2. The Balaban J connectivity index is 2.70. The van der Waals surface area contributed by atoms with Gasteiger partial charge in [0.05, 0.1) is 0 Å². The third kappa shape index (κ3) is 2.69.